The first-order valence-corrected chi connectivity index (χ1v) is 3.82. The number of nitrogens with zero attached hydrogens (tertiary/aromatic N) is 2. The van der Waals surface area contributed by atoms with E-state index < -0.39 is 0 Å². The second-order valence-corrected chi connectivity index (χ2v) is 2.42. The molecule has 0 aromatic carbocycles. The fraction of sp³-hybridized carbons (Fsp3) is 0.375. The highest BCUT2D eigenvalue weighted by molar-refractivity contribution is 5.72. The van der Waals surface area contributed by atoms with Gasteiger partial charge in [-0.3, -0.25) is 4.79 Å². The van der Waals surface area contributed by atoms with Gasteiger partial charge in [0.05, 0.1) is 13.7 Å². The summed E-state index contributed by atoms with van der Waals surface area (Å²) in [6, 6.07) is 1.65. The molecule has 1 aromatic heterocycles. The lowest BCUT2D eigenvalue weighted by Crippen LogP contribution is -2.20. The molecule has 0 saturated carbocycles. The van der Waals surface area contributed by atoms with Crippen LogP contribution in [0.15, 0.2) is 12.3 Å². The van der Waals surface area contributed by atoms with Crippen LogP contribution in [0.4, 0.5) is 0 Å². The predicted molar refractivity (Wildman–Crippen MR) is 46.1 cm³/mol. The molecule has 5 heteroatoms. The molecule has 1 heterocycles. The number of hydrogen-bond acceptors (Lipinski definition) is 4. The number of ether oxygens (including phenoxy) is 1. The van der Waals surface area contributed by atoms with Crippen LogP contribution in [0.3, 0.4) is 0 Å². The summed E-state index contributed by atoms with van der Waals surface area (Å²) in [4.78, 5) is 18.5. The fourth-order valence-electron chi connectivity index (χ4n) is 0.783. The zero-order chi connectivity index (χ0) is 9.68. The predicted octanol–water partition coefficient (Wildman–Crippen LogP) is 0.121. The van der Waals surface area contributed by atoms with E-state index in [2.05, 4.69) is 15.3 Å². The number of carbonyl (C=O) groups excluding carboxylic acids is 1. The molecule has 1 amide bonds. The Morgan fingerprint density at radius 1 is 1.69 bits per heavy atom. The SMILES string of the molecule is COc1ccnc(CNC(C)=O)n1. The van der Waals surface area contributed by atoms with E-state index >= 15 is 0 Å². The van der Waals surface area contributed by atoms with Crippen molar-refractivity contribution in [3.05, 3.63) is 18.1 Å². The van der Waals surface area contributed by atoms with Gasteiger partial charge in [0.1, 0.15) is 0 Å². The van der Waals surface area contributed by atoms with E-state index in [0.29, 0.717) is 18.2 Å². The molecule has 0 bridgehead atoms. The monoisotopic (exact) mass is 181 g/mol. The average Bonchev–Trinajstić information content (AvgIpc) is 2.15. The number of carbonyl (C=O) groups is 1. The van der Waals surface area contributed by atoms with Gasteiger partial charge in [0.2, 0.25) is 11.8 Å². The Balaban J connectivity index is 2.61. The highest BCUT2D eigenvalue weighted by Crippen LogP contribution is 2.02. The molecule has 0 spiro atoms. The van der Waals surface area contributed by atoms with E-state index in [1.54, 1.807) is 12.3 Å². The van der Waals surface area contributed by atoms with Crippen molar-refractivity contribution < 1.29 is 9.53 Å². The Kier molecular flexibility index (Phi) is 3.19. The van der Waals surface area contributed by atoms with Gasteiger partial charge in [-0.15, -0.1) is 0 Å². The van der Waals surface area contributed by atoms with Crippen LogP contribution in [-0.4, -0.2) is 23.0 Å². The molecule has 0 unspecified atom stereocenters. The molecule has 0 aliphatic heterocycles. The van der Waals surface area contributed by atoms with Gasteiger partial charge in [-0.05, 0) is 0 Å². The van der Waals surface area contributed by atoms with Crippen LogP contribution in [0.5, 0.6) is 5.88 Å². The van der Waals surface area contributed by atoms with Gasteiger partial charge in [-0.25, -0.2) is 4.98 Å². The molecule has 1 rings (SSSR count). The number of methoxy groups -OCH3 is 1. The topological polar surface area (TPSA) is 64.1 Å². The Labute approximate surface area is 76.2 Å². The lowest BCUT2D eigenvalue weighted by molar-refractivity contribution is -0.119. The molecular formula is C8H11N3O2. The molecule has 1 N–H and O–H groups in total. The van der Waals surface area contributed by atoms with Crippen LogP contribution in [0.2, 0.25) is 0 Å². The number of aromatic nitrogens is 2. The van der Waals surface area contributed by atoms with E-state index in [-0.39, 0.29) is 5.91 Å². The number of rotatable bonds is 3. The third-order valence-electron chi connectivity index (χ3n) is 1.38. The van der Waals surface area contributed by atoms with E-state index in [4.69, 9.17) is 4.74 Å². The molecule has 70 valence electrons. The minimum atomic E-state index is -0.105. The molecule has 1 aromatic rings. The highest BCUT2D eigenvalue weighted by Gasteiger charge is 1.99. The molecule has 5 nitrogen and oxygen atoms in total. The summed E-state index contributed by atoms with van der Waals surface area (Å²) in [5.74, 6) is 0.927. The largest absolute Gasteiger partial charge is 0.481 e. The minimum absolute atomic E-state index is 0.105. The summed E-state index contributed by atoms with van der Waals surface area (Å²) >= 11 is 0. The van der Waals surface area contributed by atoms with E-state index in [1.807, 2.05) is 0 Å². The summed E-state index contributed by atoms with van der Waals surface area (Å²) in [7, 11) is 1.53. The van der Waals surface area contributed by atoms with Crippen molar-refractivity contribution in [3.63, 3.8) is 0 Å². The number of nitrogens with one attached hydrogen (secondary N) is 1. The maximum atomic E-state index is 10.6. The average molecular weight is 181 g/mol. The van der Waals surface area contributed by atoms with Gasteiger partial charge in [0.25, 0.3) is 0 Å². The van der Waals surface area contributed by atoms with Crippen LogP contribution in [-0.2, 0) is 11.3 Å². The fourth-order valence-corrected chi connectivity index (χ4v) is 0.783. The molecule has 0 radical (unpaired) electrons. The molecule has 13 heavy (non-hydrogen) atoms. The zero-order valence-electron chi connectivity index (χ0n) is 7.57. The quantitative estimate of drug-likeness (QED) is 0.719. The highest BCUT2D eigenvalue weighted by atomic mass is 16.5. The van der Waals surface area contributed by atoms with Crippen LogP contribution in [0, 0.1) is 0 Å². The van der Waals surface area contributed by atoms with Crippen LogP contribution >= 0.6 is 0 Å². The van der Waals surface area contributed by atoms with Crippen LogP contribution < -0.4 is 10.1 Å². The van der Waals surface area contributed by atoms with Crippen molar-refractivity contribution in [3.8, 4) is 5.88 Å². The Bertz CT molecular complexity index is 301. The van der Waals surface area contributed by atoms with E-state index in [9.17, 15) is 4.79 Å². The second-order valence-electron chi connectivity index (χ2n) is 2.42. The minimum Gasteiger partial charge on any atom is -0.481 e. The van der Waals surface area contributed by atoms with Crippen molar-refractivity contribution in [1.29, 1.82) is 0 Å². The molecule has 0 fully saturated rings. The first kappa shape index (κ1) is 9.44. The first-order valence-electron chi connectivity index (χ1n) is 3.82. The van der Waals surface area contributed by atoms with Gasteiger partial charge in [-0.1, -0.05) is 0 Å². The van der Waals surface area contributed by atoms with E-state index in [0.717, 1.165) is 0 Å². The van der Waals surface area contributed by atoms with Crippen molar-refractivity contribution in [2.24, 2.45) is 0 Å². The van der Waals surface area contributed by atoms with Crippen LogP contribution in [0.1, 0.15) is 12.7 Å². The third-order valence-corrected chi connectivity index (χ3v) is 1.38. The van der Waals surface area contributed by atoms with Crippen molar-refractivity contribution >= 4 is 5.91 Å². The summed E-state index contributed by atoms with van der Waals surface area (Å²) in [5, 5.41) is 2.59. The maximum Gasteiger partial charge on any atom is 0.217 e. The lowest BCUT2D eigenvalue weighted by Gasteiger charge is -2.02. The summed E-state index contributed by atoms with van der Waals surface area (Å²) in [5.41, 5.74) is 0. The van der Waals surface area contributed by atoms with Gasteiger partial charge in [0, 0.05) is 19.2 Å². The second kappa shape index (κ2) is 4.39. The smallest absolute Gasteiger partial charge is 0.217 e. The zero-order valence-corrected chi connectivity index (χ0v) is 7.57. The summed E-state index contributed by atoms with van der Waals surface area (Å²) in [6.07, 6.45) is 1.59. The summed E-state index contributed by atoms with van der Waals surface area (Å²) in [6.45, 7) is 1.77. The standard InChI is InChI=1S/C8H11N3O2/c1-6(12)10-5-7-9-4-3-8(11-7)13-2/h3-4H,5H2,1-2H3,(H,10,12). The van der Waals surface area contributed by atoms with Gasteiger partial charge >= 0.3 is 0 Å². The van der Waals surface area contributed by atoms with Crippen molar-refractivity contribution in [2.75, 3.05) is 7.11 Å². The lowest BCUT2D eigenvalue weighted by atomic mass is 10.5. The van der Waals surface area contributed by atoms with Gasteiger partial charge in [0.15, 0.2) is 5.82 Å². The van der Waals surface area contributed by atoms with Crippen molar-refractivity contribution in [1.82, 2.24) is 15.3 Å². The Hall–Kier alpha value is -1.65. The summed E-state index contributed by atoms with van der Waals surface area (Å²) < 4.78 is 4.90. The van der Waals surface area contributed by atoms with Crippen molar-refractivity contribution in [2.45, 2.75) is 13.5 Å². The van der Waals surface area contributed by atoms with Gasteiger partial charge in [-0.2, -0.15) is 4.98 Å². The molecular weight excluding hydrogens is 170 g/mol. The number of hydrogen-bond donors (Lipinski definition) is 1. The maximum absolute atomic E-state index is 10.6. The Morgan fingerprint density at radius 2 is 2.46 bits per heavy atom. The molecule has 0 aliphatic carbocycles. The normalized spacial score (nSPS) is 9.38. The molecule has 0 aliphatic rings. The molecule has 0 saturated heterocycles. The third kappa shape index (κ3) is 3.06. The number of amides is 1. The van der Waals surface area contributed by atoms with Crippen LogP contribution in [0.25, 0.3) is 0 Å². The molecule has 0 atom stereocenters. The Morgan fingerprint density at radius 3 is 3.08 bits per heavy atom. The van der Waals surface area contributed by atoms with E-state index in [1.165, 1.54) is 14.0 Å². The van der Waals surface area contributed by atoms with Gasteiger partial charge < -0.3 is 10.1 Å². The first-order chi connectivity index (χ1) is 6.22.